The summed E-state index contributed by atoms with van der Waals surface area (Å²) in [5.41, 5.74) is -0.0579. The number of piperidine rings is 1. The Kier molecular flexibility index (Phi) is 3.87. The number of anilines is 1. The molecule has 1 aromatic rings. The third kappa shape index (κ3) is 2.87. The second-order valence-corrected chi connectivity index (χ2v) is 5.17. The van der Waals surface area contributed by atoms with Crippen LogP contribution < -0.4 is 4.90 Å². The van der Waals surface area contributed by atoms with Crippen molar-refractivity contribution in [2.75, 3.05) is 18.0 Å². The summed E-state index contributed by atoms with van der Waals surface area (Å²) in [6.45, 7) is 2.62. The number of nitrogens with zero attached hydrogens (tertiary/aromatic N) is 2. The van der Waals surface area contributed by atoms with Gasteiger partial charge in [0.1, 0.15) is 11.5 Å². The zero-order chi connectivity index (χ0) is 14.9. The van der Waals surface area contributed by atoms with Crippen molar-refractivity contribution >= 4 is 17.3 Å². The molecule has 0 aromatic heterocycles. The maximum atomic E-state index is 13.1. The quantitative estimate of drug-likeness (QED) is 0.679. The molecular formula is C13H15FN2O4. The molecule has 0 bridgehead atoms. The van der Waals surface area contributed by atoms with Crippen molar-refractivity contribution in [1.82, 2.24) is 0 Å². The summed E-state index contributed by atoms with van der Waals surface area (Å²) >= 11 is 0. The van der Waals surface area contributed by atoms with Crippen LogP contribution in [0.4, 0.5) is 15.8 Å². The Morgan fingerprint density at radius 2 is 2.20 bits per heavy atom. The molecule has 1 aliphatic rings. The SMILES string of the molecule is CC1CC(C(=O)O)CN(c2ccc(F)cc2[N+](=O)[O-])C1. The first-order chi connectivity index (χ1) is 9.38. The van der Waals surface area contributed by atoms with Crippen LogP contribution in [0.2, 0.25) is 0 Å². The van der Waals surface area contributed by atoms with Crippen LogP contribution in [0.5, 0.6) is 0 Å². The topological polar surface area (TPSA) is 83.7 Å². The van der Waals surface area contributed by atoms with E-state index in [-0.39, 0.29) is 23.8 Å². The summed E-state index contributed by atoms with van der Waals surface area (Å²) in [5.74, 6) is -2.05. The minimum atomic E-state index is -0.911. The number of carbonyl (C=O) groups is 1. The third-order valence-electron chi connectivity index (χ3n) is 3.48. The van der Waals surface area contributed by atoms with Crippen molar-refractivity contribution in [2.45, 2.75) is 13.3 Å². The van der Waals surface area contributed by atoms with E-state index >= 15 is 0 Å². The molecule has 2 unspecified atom stereocenters. The third-order valence-corrected chi connectivity index (χ3v) is 3.48. The average Bonchev–Trinajstić information content (AvgIpc) is 2.37. The number of hydrogen-bond donors (Lipinski definition) is 1. The van der Waals surface area contributed by atoms with Crippen LogP contribution in [0.1, 0.15) is 13.3 Å². The molecule has 1 heterocycles. The smallest absolute Gasteiger partial charge is 0.308 e. The fourth-order valence-electron chi connectivity index (χ4n) is 2.64. The van der Waals surface area contributed by atoms with E-state index in [2.05, 4.69) is 0 Å². The molecule has 20 heavy (non-hydrogen) atoms. The van der Waals surface area contributed by atoms with Gasteiger partial charge in [-0.15, -0.1) is 0 Å². The van der Waals surface area contributed by atoms with Crippen molar-refractivity contribution in [3.05, 3.63) is 34.1 Å². The minimum absolute atomic E-state index is 0.106. The number of carboxylic acid groups (broad SMARTS) is 1. The largest absolute Gasteiger partial charge is 0.481 e. The van der Waals surface area contributed by atoms with Crippen LogP contribution in [0.15, 0.2) is 18.2 Å². The van der Waals surface area contributed by atoms with Gasteiger partial charge < -0.3 is 10.0 Å². The van der Waals surface area contributed by atoms with Crippen LogP contribution >= 0.6 is 0 Å². The number of carboxylic acids is 1. The van der Waals surface area contributed by atoms with Crippen molar-refractivity contribution in [3.8, 4) is 0 Å². The zero-order valence-corrected chi connectivity index (χ0v) is 11.0. The Bertz CT molecular complexity index is 549. The molecular weight excluding hydrogens is 267 g/mol. The molecule has 108 valence electrons. The zero-order valence-electron chi connectivity index (χ0n) is 11.0. The lowest BCUT2D eigenvalue weighted by molar-refractivity contribution is -0.384. The standard InChI is InChI=1S/C13H15FN2O4/c1-8-4-9(13(17)18)7-15(6-8)11-3-2-10(14)5-12(11)16(19)20/h2-3,5,8-9H,4,6-7H2,1H3,(H,17,18). The van der Waals surface area contributed by atoms with Gasteiger partial charge in [0.15, 0.2) is 0 Å². The van der Waals surface area contributed by atoms with Crippen LogP contribution in [0, 0.1) is 27.8 Å². The number of nitro groups is 1. The molecule has 7 heteroatoms. The van der Waals surface area contributed by atoms with Gasteiger partial charge in [-0.2, -0.15) is 0 Å². The van der Waals surface area contributed by atoms with Gasteiger partial charge in [0, 0.05) is 13.1 Å². The van der Waals surface area contributed by atoms with E-state index in [1.165, 1.54) is 6.07 Å². The molecule has 1 aliphatic heterocycles. The molecule has 6 nitrogen and oxygen atoms in total. The van der Waals surface area contributed by atoms with Gasteiger partial charge in [-0.1, -0.05) is 6.92 Å². The van der Waals surface area contributed by atoms with Gasteiger partial charge >= 0.3 is 5.97 Å². The van der Waals surface area contributed by atoms with E-state index in [0.717, 1.165) is 12.1 Å². The molecule has 0 aliphatic carbocycles. The van der Waals surface area contributed by atoms with E-state index in [9.17, 15) is 19.3 Å². The normalized spacial score (nSPS) is 22.6. The molecule has 2 rings (SSSR count). The van der Waals surface area contributed by atoms with Crippen LogP contribution in [-0.4, -0.2) is 29.1 Å². The van der Waals surface area contributed by atoms with E-state index in [1.807, 2.05) is 6.92 Å². The van der Waals surface area contributed by atoms with E-state index in [1.54, 1.807) is 4.90 Å². The van der Waals surface area contributed by atoms with E-state index < -0.39 is 22.6 Å². The molecule has 1 saturated heterocycles. The molecule has 0 spiro atoms. The van der Waals surface area contributed by atoms with Gasteiger partial charge in [0.05, 0.1) is 16.9 Å². The van der Waals surface area contributed by atoms with Gasteiger partial charge in [-0.3, -0.25) is 14.9 Å². The molecule has 2 atom stereocenters. The lowest BCUT2D eigenvalue weighted by atomic mass is 9.90. The Morgan fingerprint density at radius 3 is 2.80 bits per heavy atom. The van der Waals surface area contributed by atoms with Crippen LogP contribution in [0.25, 0.3) is 0 Å². The number of hydrogen-bond acceptors (Lipinski definition) is 4. The maximum Gasteiger partial charge on any atom is 0.308 e. The first-order valence-corrected chi connectivity index (χ1v) is 6.30. The Balaban J connectivity index is 2.35. The van der Waals surface area contributed by atoms with Gasteiger partial charge in [-0.05, 0) is 24.5 Å². The van der Waals surface area contributed by atoms with Crippen molar-refractivity contribution in [3.63, 3.8) is 0 Å². The lowest BCUT2D eigenvalue weighted by Gasteiger charge is -2.35. The van der Waals surface area contributed by atoms with Crippen LogP contribution in [0.3, 0.4) is 0 Å². The second kappa shape index (κ2) is 5.44. The molecule has 0 amide bonds. The number of nitro benzene ring substituents is 1. The fraction of sp³-hybridized carbons (Fsp3) is 0.462. The van der Waals surface area contributed by atoms with Crippen molar-refractivity contribution in [2.24, 2.45) is 11.8 Å². The van der Waals surface area contributed by atoms with Crippen LogP contribution in [-0.2, 0) is 4.79 Å². The summed E-state index contributed by atoms with van der Waals surface area (Å²) in [4.78, 5) is 23.2. The molecule has 0 saturated carbocycles. The number of halogens is 1. The first-order valence-electron chi connectivity index (χ1n) is 6.30. The molecule has 1 aromatic carbocycles. The average molecular weight is 282 g/mol. The summed E-state index contributed by atoms with van der Waals surface area (Å²) in [5, 5.41) is 20.1. The molecule has 1 fully saturated rings. The fourth-order valence-corrected chi connectivity index (χ4v) is 2.64. The highest BCUT2D eigenvalue weighted by molar-refractivity contribution is 5.72. The predicted molar refractivity (Wildman–Crippen MR) is 70.2 cm³/mol. The second-order valence-electron chi connectivity index (χ2n) is 5.17. The first kappa shape index (κ1) is 14.2. The number of aliphatic carboxylic acids is 1. The Labute approximate surface area is 115 Å². The lowest BCUT2D eigenvalue weighted by Crippen LogP contribution is -2.42. The van der Waals surface area contributed by atoms with Crippen molar-refractivity contribution < 1.29 is 19.2 Å². The maximum absolute atomic E-state index is 13.1. The Hall–Kier alpha value is -2.18. The van der Waals surface area contributed by atoms with Gasteiger partial charge in [0.2, 0.25) is 0 Å². The van der Waals surface area contributed by atoms with E-state index in [4.69, 9.17) is 5.11 Å². The monoisotopic (exact) mass is 282 g/mol. The minimum Gasteiger partial charge on any atom is -0.481 e. The number of rotatable bonds is 3. The van der Waals surface area contributed by atoms with Gasteiger partial charge in [-0.25, -0.2) is 4.39 Å². The van der Waals surface area contributed by atoms with Crippen molar-refractivity contribution in [1.29, 1.82) is 0 Å². The highest BCUT2D eigenvalue weighted by Crippen LogP contribution is 2.33. The highest BCUT2D eigenvalue weighted by atomic mass is 19.1. The number of benzene rings is 1. The van der Waals surface area contributed by atoms with Gasteiger partial charge in [0.25, 0.3) is 5.69 Å². The Morgan fingerprint density at radius 1 is 1.50 bits per heavy atom. The molecule has 0 radical (unpaired) electrons. The summed E-state index contributed by atoms with van der Waals surface area (Å²) in [6, 6.07) is 3.35. The predicted octanol–water partition coefficient (Wildman–Crippen LogP) is 2.28. The summed E-state index contributed by atoms with van der Waals surface area (Å²) in [7, 11) is 0. The van der Waals surface area contributed by atoms with E-state index in [0.29, 0.717) is 13.0 Å². The summed E-state index contributed by atoms with van der Waals surface area (Å²) in [6.07, 6.45) is 0.542. The molecule has 1 N–H and O–H groups in total. The highest BCUT2D eigenvalue weighted by Gasteiger charge is 2.32. The summed E-state index contributed by atoms with van der Waals surface area (Å²) < 4.78 is 13.1.